The van der Waals surface area contributed by atoms with Gasteiger partial charge in [0.2, 0.25) is 0 Å². The minimum Gasteiger partial charge on any atom is -0.507 e. The summed E-state index contributed by atoms with van der Waals surface area (Å²) >= 11 is 3.61. The van der Waals surface area contributed by atoms with Crippen LogP contribution in [0.5, 0.6) is 5.75 Å². The van der Waals surface area contributed by atoms with Gasteiger partial charge in [-0.2, -0.15) is 22.0 Å². The van der Waals surface area contributed by atoms with Crippen LogP contribution in [0.4, 0.5) is 26.3 Å². The first kappa shape index (κ1) is 36.3. The lowest BCUT2D eigenvalue weighted by molar-refractivity contribution is -0.284. The Bertz CT molecular complexity index is 1190. The minimum atomic E-state index is -5.46. The highest BCUT2D eigenvalue weighted by Crippen LogP contribution is 2.66. The van der Waals surface area contributed by atoms with Gasteiger partial charge < -0.3 is 15.1 Å². The van der Waals surface area contributed by atoms with Crippen molar-refractivity contribution in [3.05, 3.63) is 27.7 Å². The molecule has 3 fully saturated rings. The molecule has 46 heavy (non-hydrogen) atoms. The summed E-state index contributed by atoms with van der Waals surface area (Å²) in [5.41, 5.74) is 0.736. The summed E-state index contributed by atoms with van der Waals surface area (Å²) in [4.78, 5) is 2.52. The number of nitrogens with zero attached hydrogens (tertiary/aromatic N) is 1. The predicted molar refractivity (Wildman–Crippen MR) is 172 cm³/mol. The van der Waals surface area contributed by atoms with Gasteiger partial charge in [0.1, 0.15) is 11.9 Å². The Kier molecular flexibility index (Phi) is 11.1. The number of aliphatic hydroxyl groups is 1. The fourth-order valence-corrected chi connectivity index (χ4v) is 10.5. The van der Waals surface area contributed by atoms with E-state index < -0.39 is 35.7 Å². The topological polar surface area (TPSA) is 43.7 Å². The fourth-order valence-electron chi connectivity index (χ4n) is 9.95. The van der Waals surface area contributed by atoms with Gasteiger partial charge in [-0.3, -0.25) is 0 Å². The third kappa shape index (κ3) is 7.15. The molecule has 3 unspecified atom stereocenters. The summed E-state index contributed by atoms with van der Waals surface area (Å²) in [6.07, 6.45) is 4.29. The quantitative estimate of drug-likeness (QED) is 0.157. The zero-order valence-electron chi connectivity index (χ0n) is 27.3. The number of likely N-dealkylation sites (tertiary alicyclic amines) is 1. The molecule has 0 bridgehead atoms. The number of hydrogen-bond donors (Lipinski definition) is 2. The number of fused-ring (bicyclic) bond motifs is 5. The van der Waals surface area contributed by atoms with E-state index in [2.05, 4.69) is 27.8 Å². The van der Waals surface area contributed by atoms with Crippen LogP contribution in [0.25, 0.3) is 0 Å². The first-order chi connectivity index (χ1) is 21.6. The summed E-state index contributed by atoms with van der Waals surface area (Å²) in [5, 5.41) is 21.8. The van der Waals surface area contributed by atoms with Gasteiger partial charge in [-0.25, -0.2) is 4.39 Å². The van der Waals surface area contributed by atoms with Gasteiger partial charge in [-0.1, -0.05) is 45.1 Å². The van der Waals surface area contributed by atoms with Crippen molar-refractivity contribution in [2.24, 2.45) is 23.2 Å². The number of hydrogen-bond acceptors (Lipinski definition) is 3. The molecule has 262 valence electrons. The highest BCUT2D eigenvalue weighted by Gasteiger charge is 2.64. The molecule has 3 aliphatic carbocycles. The number of phenolic OH excluding ortho intramolecular Hbond substituents is 1. The molecule has 3 nitrogen and oxygen atoms in total. The molecule has 4 aliphatic rings. The van der Waals surface area contributed by atoms with Gasteiger partial charge in [-0.15, -0.1) is 0 Å². The van der Waals surface area contributed by atoms with Crippen LogP contribution < -0.4 is 0 Å². The zero-order chi connectivity index (χ0) is 33.5. The van der Waals surface area contributed by atoms with Gasteiger partial charge in [0.25, 0.3) is 0 Å². The van der Waals surface area contributed by atoms with Crippen molar-refractivity contribution >= 4 is 15.9 Å². The van der Waals surface area contributed by atoms with E-state index in [0.717, 1.165) is 88.4 Å². The molecule has 2 N–H and O–H groups in total. The molecule has 1 saturated heterocycles. The molecule has 5 rings (SSSR count). The number of aromatic hydroxyl groups is 1. The Hall–Kier alpha value is -1.00. The van der Waals surface area contributed by atoms with Crippen LogP contribution in [0, 0.1) is 23.2 Å². The van der Waals surface area contributed by atoms with Crippen LogP contribution in [0.2, 0.25) is 0 Å². The van der Waals surface area contributed by atoms with Gasteiger partial charge in [-0.05, 0) is 135 Å². The first-order valence-corrected chi connectivity index (χ1v) is 18.4. The fraction of sp³-hybridized carbons (Fsp3) is 0.833. The molecular weight excluding hydrogens is 672 g/mol. The Morgan fingerprint density at radius 3 is 2.39 bits per heavy atom. The maximum Gasteiger partial charge on any atom is 0.453 e. The summed E-state index contributed by atoms with van der Waals surface area (Å²) in [7, 11) is 0. The van der Waals surface area contributed by atoms with E-state index in [1.807, 2.05) is 13.0 Å². The van der Waals surface area contributed by atoms with Crippen molar-refractivity contribution in [1.29, 1.82) is 0 Å². The van der Waals surface area contributed by atoms with Gasteiger partial charge in [0, 0.05) is 23.8 Å². The van der Waals surface area contributed by atoms with Crippen LogP contribution in [0.1, 0.15) is 127 Å². The van der Waals surface area contributed by atoms with Crippen molar-refractivity contribution in [2.75, 3.05) is 13.1 Å². The van der Waals surface area contributed by atoms with E-state index in [4.69, 9.17) is 0 Å². The molecule has 2 saturated carbocycles. The first-order valence-electron chi connectivity index (χ1n) is 17.6. The summed E-state index contributed by atoms with van der Waals surface area (Å²) in [5.74, 6) is -3.92. The monoisotopic (exact) mass is 723 g/mol. The normalized spacial score (nSPS) is 34.8. The largest absolute Gasteiger partial charge is 0.507 e. The standard InChI is InChI=1S/C36H52BrF6NO2/c1-33-22-28(38)31-25-14-15-29(45)32(37)26(25)21-23(30(31)27(33)16-18-34(33,2)46)11-6-5-9-19-44-20-10-13-24(44)12-7-3-4-8-17-35(39,40)36(41,42)43/h14-15,23-24,27-28,30-31,45-46H,3-13,16-22H2,1-2H3/t23?,24-,27?,28+,30+,31?,33+,34-/m1/s1. The molecule has 0 radical (unpaired) electrons. The molecule has 0 spiro atoms. The van der Waals surface area contributed by atoms with Crippen molar-refractivity contribution in [3.63, 3.8) is 0 Å². The predicted octanol–water partition coefficient (Wildman–Crippen LogP) is 10.5. The average Bonchev–Trinajstić information content (AvgIpc) is 3.51. The molecule has 0 amide bonds. The molecule has 8 atom stereocenters. The number of benzene rings is 1. The average molecular weight is 725 g/mol. The highest BCUT2D eigenvalue weighted by atomic mass is 79.9. The van der Waals surface area contributed by atoms with Crippen LogP contribution in [0.15, 0.2) is 16.6 Å². The number of phenols is 1. The number of rotatable bonds is 13. The van der Waals surface area contributed by atoms with Crippen molar-refractivity contribution < 1.29 is 36.6 Å². The van der Waals surface area contributed by atoms with Gasteiger partial charge >= 0.3 is 12.1 Å². The second-order valence-corrected chi connectivity index (χ2v) is 16.2. The maximum atomic E-state index is 16.3. The lowest BCUT2D eigenvalue weighted by atomic mass is 9.50. The molecule has 1 aromatic carbocycles. The maximum absolute atomic E-state index is 16.3. The Labute approximate surface area is 279 Å². The number of unbranched alkanes of at least 4 members (excludes halogenated alkanes) is 5. The summed E-state index contributed by atoms with van der Waals surface area (Å²) in [6, 6.07) is 4.05. The van der Waals surface area contributed by atoms with Crippen LogP contribution >= 0.6 is 15.9 Å². The van der Waals surface area contributed by atoms with E-state index in [1.165, 1.54) is 0 Å². The second kappa shape index (κ2) is 14.1. The third-order valence-corrected chi connectivity index (χ3v) is 13.6. The van der Waals surface area contributed by atoms with E-state index in [9.17, 15) is 32.2 Å². The summed E-state index contributed by atoms with van der Waals surface area (Å²) in [6.45, 7) is 6.04. The summed E-state index contributed by atoms with van der Waals surface area (Å²) < 4.78 is 80.3. The van der Waals surface area contributed by atoms with Crippen molar-refractivity contribution in [1.82, 2.24) is 4.90 Å². The van der Waals surface area contributed by atoms with Gasteiger partial charge in [0.15, 0.2) is 0 Å². The molecule has 0 aromatic heterocycles. The smallest absolute Gasteiger partial charge is 0.453 e. The molecule has 10 heteroatoms. The van der Waals surface area contributed by atoms with Crippen LogP contribution in [-0.2, 0) is 6.42 Å². The Morgan fingerprint density at radius 1 is 0.957 bits per heavy atom. The number of halogens is 7. The van der Waals surface area contributed by atoms with E-state index >= 15 is 4.39 Å². The number of alkyl halides is 6. The highest BCUT2D eigenvalue weighted by molar-refractivity contribution is 9.10. The lowest BCUT2D eigenvalue weighted by Gasteiger charge is -2.56. The lowest BCUT2D eigenvalue weighted by Crippen LogP contribution is -2.55. The Balaban J connectivity index is 1.11. The van der Waals surface area contributed by atoms with Crippen LogP contribution in [-0.4, -0.2) is 58.1 Å². The minimum absolute atomic E-state index is 0.113. The van der Waals surface area contributed by atoms with Crippen molar-refractivity contribution in [2.45, 2.75) is 152 Å². The molecule has 1 aromatic rings. The SMILES string of the molecule is C[C@]12C[C@H](F)C3c4ccc(O)c(Br)c4CC(CCCCCN4CCC[C@H]4CCCCCCC(F)(F)C(F)(F)F)[C@H]3C1CC[C@@]2(C)O. The van der Waals surface area contributed by atoms with Crippen molar-refractivity contribution in [3.8, 4) is 5.75 Å². The molecular formula is C36H52BrF6NO2. The van der Waals surface area contributed by atoms with E-state index in [1.54, 1.807) is 6.07 Å². The Morgan fingerprint density at radius 2 is 1.65 bits per heavy atom. The zero-order valence-corrected chi connectivity index (χ0v) is 28.9. The second-order valence-electron chi connectivity index (χ2n) is 15.4. The molecule has 1 aliphatic heterocycles. The van der Waals surface area contributed by atoms with E-state index in [0.29, 0.717) is 36.2 Å². The van der Waals surface area contributed by atoms with Crippen LogP contribution in [0.3, 0.4) is 0 Å². The third-order valence-electron chi connectivity index (χ3n) is 12.7. The van der Waals surface area contributed by atoms with E-state index in [-0.39, 0.29) is 35.8 Å². The van der Waals surface area contributed by atoms with Gasteiger partial charge in [0.05, 0.1) is 10.1 Å². The molecule has 1 heterocycles.